The molecule has 4 aliphatic rings. The number of piperidine rings is 3. The lowest BCUT2D eigenvalue weighted by molar-refractivity contribution is -0.166. The second kappa shape index (κ2) is 7.69. The number of hydrogen-bond acceptors (Lipinski definition) is 6. The van der Waals surface area contributed by atoms with Gasteiger partial charge in [0, 0.05) is 44.6 Å². The van der Waals surface area contributed by atoms with Crippen molar-refractivity contribution in [2.24, 2.45) is 11.8 Å². The molecule has 8 nitrogen and oxygen atoms in total. The Morgan fingerprint density at radius 2 is 1.91 bits per heavy atom. The van der Waals surface area contributed by atoms with Crippen LogP contribution in [0.4, 0.5) is 0 Å². The van der Waals surface area contributed by atoms with Crippen LogP contribution < -0.4 is 0 Å². The standard InChI is InChI=1S/C24H29N5O3/c1-15-25-21(32-26-15)14-27-10-18-9-19(11-27)23(29-20(18)7-4-8-22(29)30)24(31)28-12-16-5-2-3-6-17(16)13-28/h2-3,5-6,18-20,23H,4,7-14H2,1H3/t18-,19+,20+,23-/m1/s1. The van der Waals surface area contributed by atoms with E-state index in [1.807, 2.05) is 28.9 Å². The van der Waals surface area contributed by atoms with Gasteiger partial charge in [0.15, 0.2) is 5.82 Å². The number of amides is 2. The van der Waals surface area contributed by atoms with Crippen LogP contribution in [0.1, 0.15) is 48.5 Å². The van der Waals surface area contributed by atoms with E-state index < -0.39 is 0 Å². The predicted molar refractivity (Wildman–Crippen MR) is 115 cm³/mol. The molecule has 1 aromatic heterocycles. The number of carbonyl (C=O) groups is 2. The molecule has 4 aliphatic heterocycles. The van der Waals surface area contributed by atoms with Crippen molar-refractivity contribution in [2.75, 3.05) is 13.1 Å². The fourth-order valence-corrected chi connectivity index (χ4v) is 6.47. The number of aromatic nitrogens is 2. The molecule has 0 spiro atoms. The van der Waals surface area contributed by atoms with Crippen molar-refractivity contribution >= 4 is 11.8 Å². The largest absolute Gasteiger partial charge is 0.338 e. The molecule has 0 unspecified atom stereocenters. The number of fused-ring (bicyclic) bond motifs is 5. The Morgan fingerprint density at radius 1 is 1.16 bits per heavy atom. The van der Waals surface area contributed by atoms with Crippen LogP contribution in [0.15, 0.2) is 28.8 Å². The van der Waals surface area contributed by atoms with Crippen LogP contribution in [-0.4, -0.2) is 61.8 Å². The number of hydrogen-bond donors (Lipinski definition) is 0. The summed E-state index contributed by atoms with van der Waals surface area (Å²) in [4.78, 5) is 37.7. The molecule has 0 radical (unpaired) electrons. The first-order valence-electron chi connectivity index (χ1n) is 11.7. The zero-order chi connectivity index (χ0) is 21.8. The quantitative estimate of drug-likeness (QED) is 0.735. The Kier molecular flexibility index (Phi) is 4.78. The summed E-state index contributed by atoms with van der Waals surface area (Å²) in [7, 11) is 0. The van der Waals surface area contributed by atoms with Crippen molar-refractivity contribution in [3.05, 3.63) is 47.1 Å². The van der Waals surface area contributed by atoms with Gasteiger partial charge < -0.3 is 14.3 Å². The second-order valence-electron chi connectivity index (χ2n) is 9.85. The Bertz CT molecular complexity index is 1030. The minimum absolute atomic E-state index is 0.111. The van der Waals surface area contributed by atoms with E-state index in [4.69, 9.17) is 4.52 Å². The maximum Gasteiger partial charge on any atom is 0.246 e. The number of aryl methyl sites for hydroxylation is 1. The van der Waals surface area contributed by atoms with Gasteiger partial charge in [0.05, 0.1) is 6.54 Å². The van der Waals surface area contributed by atoms with Crippen molar-refractivity contribution in [3.63, 3.8) is 0 Å². The molecule has 0 saturated carbocycles. The van der Waals surface area contributed by atoms with Gasteiger partial charge in [0.2, 0.25) is 17.7 Å². The van der Waals surface area contributed by atoms with Crippen LogP contribution in [0.25, 0.3) is 0 Å². The summed E-state index contributed by atoms with van der Waals surface area (Å²) in [6, 6.07) is 8.04. The first-order valence-corrected chi connectivity index (χ1v) is 11.7. The molecule has 2 bridgehead atoms. The number of nitrogens with zero attached hydrogens (tertiary/aromatic N) is 5. The molecule has 0 N–H and O–H groups in total. The molecule has 6 rings (SSSR count). The third kappa shape index (κ3) is 3.32. The summed E-state index contributed by atoms with van der Waals surface area (Å²) < 4.78 is 5.36. The average molecular weight is 436 g/mol. The third-order valence-corrected chi connectivity index (χ3v) is 7.75. The van der Waals surface area contributed by atoms with Crippen LogP contribution >= 0.6 is 0 Å². The summed E-state index contributed by atoms with van der Waals surface area (Å²) in [6.45, 7) is 5.38. The molecule has 32 heavy (non-hydrogen) atoms. The minimum Gasteiger partial charge on any atom is -0.338 e. The van der Waals surface area contributed by atoms with Gasteiger partial charge in [-0.05, 0) is 43.2 Å². The number of carbonyl (C=O) groups excluding carboxylic acids is 2. The lowest BCUT2D eigenvalue weighted by Gasteiger charge is -2.56. The van der Waals surface area contributed by atoms with E-state index in [2.05, 4.69) is 27.2 Å². The van der Waals surface area contributed by atoms with Crippen LogP contribution in [0.5, 0.6) is 0 Å². The molecule has 4 atom stereocenters. The average Bonchev–Trinajstić information content (AvgIpc) is 3.40. The minimum atomic E-state index is -0.370. The Hall–Kier alpha value is -2.74. The normalized spacial score (nSPS) is 29.7. The summed E-state index contributed by atoms with van der Waals surface area (Å²) in [5.41, 5.74) is 2.43. The highest BCUT2D eigenvalue weighted by molar-refractivity contribution is 5.89. The second-order valence-corrected chi connectivity index (χ2v) is 9.85. The van der Waals surface area contributed by atoms with E-state index in [0.717, 1.165) is 32.4 Å². The van der Waals surface area contributed by atoms with Gasteiger partial charge in [-0.15, -0.1) is 0 Å². The molecule has 0 aliphatic carbocycles. The fraction of sp³-hybridized carbons (Fsp3) is 0.583. The zero-order valence-electron chi connectivity index (χ0n) is 18.4. The monoisotopic (exact) mass is 435 g/mol. The Morgan fingerprint density at radius 3 is 2.62 bits per heavy atom. The highest BCUT2D eigenvalue weighted by Gasteiger charge is 2.53. The van der Waals surface area contributed by atoms with Gasteiger partial charge in [0.1, 0.15) is 6.04 Å². The van der Waals surface area contributed by atoms with Gasteiger partial charge in [-0.25, -0.2) is 0 Å². The van der Waals surface area contributed by atoms with Gasteiger partial charge in [0.25, 0.3) is 0 Å². The van der Waals surface area contributed by atoms with Crippen LogP contribution in [0, 0.1) is 18.8 Å². The van der Waals surface area contributed by atoms with Crippen molar-refractivity contribution in [1.29, 1.82) is 0 Å². The lowest BCUT2D eigenvalue weighted by atomic mass is 9.71. The van der Waals surface area contributed by atoms with Gasteiger partial charge in [-0.1, -0.05) is 29.4 Å². The third-order valence-electron chi connectivity index (χ3n) is 7.75. The van der Waals surface area contributed by atoms with Crippen molar-refractivity contribution in [1.82, 2.24) is 24.8 Å². The van der Waals surface area contributed by atoms with E-state index in [0.29, 0.717) is 43.7 Å². The van der Waals surface area contributed by atoms with E-state index in [1.54, 1.807) is 0 Å². The topological polar surface area (TPSA) is 82.8 Å². The van der Waals surface area contributed by atoms with Crippen LogP contribution in [0.2, 0.25) is 0 Å². The summed E-state index contributed by atoms with van der Waals surface area (Å²) in [5, 5.41) is 3.92. The molecule has 3 saturated heterocycles. The molecular weight excluding hydrogens is 406 g/mol. The fourth-order valence-electron chi connectivity index (χ4n) is 6.47. The maximum atomic E-state index is 13.9. The molecule has 8 heteroatoms. The number of likely N-dealkylation sites (tertiary alicyclic amines) is 1. The predicted octanol–water partition coefficient (Wildman–Crippen LogP) is 2.12. The molecule has 2 amide bonds. The molecule has 3 fully saturated rings. The number of rotatable bonds is 3. The molecular formula is C24H29N5O3. The highest BCUT2D eigenvalue weighted by Crippen LogP contribution is 2.43. The van der Waals surface area contributed by atoms with Crippen molar-refractivity contribution in [2.45, 2.75) is 64.3 Å². The van der Waals surface area contributed by atoms with E-state index in [1.165, 1.54) is 11.1 Å². The van der Waals surface area contributed by atoms with Crippen LogP contribution in [0.3, 0.4) is 0 Å². The number of benzene rings is 1. The van der Waals surface area contributed by atoms with Crippen molar-refractivity contribution in [3.8, 4) is 0 Å². The first-order chi connectivity index (χ1) is 15.6. The molecule has 1 aromatic carbocycles. The van der Waals surface area contributed by atoms with Crippen molar-refractivity contribution < 1.29 is 14.1 Å². The lowest BCUT2D eigenvalue weighted by Crippen LogP contribution is -2.68. The first kappa shape index (κ1) is 19.9. The van der Waals surface area contributed by atoms with Gasteiger partial charge in [-0.3, -0.25) is 14.5 Å². The Balaban J connectivity index is 1.28. The van der Waals surface area contributed by atoms with Gasteiger partial charge >= 0.3 is 0 Å². The van der Waals surface area contributed by atoms with Gasteiger partial charge in [-0.2, -0.15) is 4.98 Å². The van der Waals surface area contributed by atoms with E-state index in [-0.39, 0.29) is 29.8 Å². The summed E-state index contributed by atoms with van der Waals surface area (Å²) in [6.07, 6.45) is 3.47. The highest BCUT2D eigenvalue weighted by atomic mass is 16.5. The van der Waals surface area contributed by atoms with E-state index in [9.17, 15) is 9.59 Å². The summed E-state index contributed by atoms with van der Waals surface area (Å²) >= 11 is 0. The SMILES string of the molecule is Cc1noc(CN2C[C@H]3C[C@@H](C2)[C@H](C(=O)N2Cc4ccccc4C2)N2C(=O)CCC[C@@H]32)n1. The summed E-state index contributed by atoms with van der Waals surface area (Å²) in [5.74, 6) is 2.06. The van der Waals surface area contributed by atoms with E-state index >= 15 is 0 Å². The smallest absolute Gasteiger partial charge is 0.246 e. The maximum absolute atomic E-state index is 13.9. The Labute approximate surface area is 187 Å². The molecule has 5 heterocycles. The van der Waals surface area contributed by atoms with Crippen LogP contribution in [-0.2, 0) is 29.2 Å². The zero-order valence-corrected chi connectivity index (χ0v) is 18.4. The molecule has 168 valence electrons. The molecule has 2 aromatic rings.